The van der Waals surface area contributed by atoms with Crippen LogP contribution < -0.4 is 10.9 Å². The molecule has 0 saturated carbocycles. The van der Waals surface area contributed by atoms with E-state index in [2.05, 4.69) is 41.0 Å². The number of aromatic nitrogens is 4. The number of halogens is 1. The highest BCUT2D eigenvalue weighted by Crippen LogP contribution is 2.27. The summed E-state index contributed by atoms with van der Waals surface area (Å²) < 4.78 is 15.6. The van der Waals surface area contributed by atoms with Gasteiger partial charge in [-0.15, -0.1) is 0 Å². The number of H-pyrrole nitrogens is 1. The molecule has 0 bridgehead atoms. The van der Waals surface area contributed by atoms with Gasteiger partial charge in [-0.25, -0.2) is 19.2 Å². The van der Waals surface area contributed by atoms with E-state index in [0.717, 1.165) is 10.5 Å². The van der Waals surface area contributed by atoms with Crippen LogP contribution in [0.4, 0.5) is 14.9 Å². The van der Waals surface area contributed by atoms with Gasteiger partial charge in [-0.2, -0.15) is 0 Å². The largest absolute Gasteiger partial charge is 0.465 e. The molecule has 0 aliphatic heterocycles. The summed E-state index contributed by atoms with van der Waals surface area (Å²) in [5.74, 6) is -1.54. The monoisotopic (exact) mass is 583 g/mol. The van der Waals surface area contributed by atoms with E-state index >= 15 is 0 Å². The number of fused-ring (bicyclic) bond motifs is 1. The lowest BCUT2D eigenvalue weighted by atomic mass is 9.87. The molecule has 2 aromatic heterocycles. The van der Waals surface area contributed by atoms with Gasteiger partial charge in [0.05, 0.1) is 36.0 Å². The van der Waals surface area contributed by atoms with Crippen molar-refractivity contribution < 1.29 is 23.9 Å². The lowest BCUT2D eigenvalue weighted by molar-refractivity contribution is -0.123. The zero-order valence-electron chi connectivity index (χ0n) is 24.8. The Morgan fingerprint density at radius 3 is 2.57 bits per heavy atom. The second kappa shape index (κ2) is 13.4. The van der Waals surface area contributed by atoms with Crippen LogP contribution in [0.15, 0.2) is 41.6 Å². The number of hydrogen-bond acceptors (Lipinski definition) is 6. The van der Waals surface area contributed by atoms with Crippen LogP contribution in [0.1, 0.15) is 45.0 Å². The maximum Gasteiger partial charge on any atom is 0.407 e. The summed E-state index contributed by atoms with van der Waals surface area (Å²) >= 11 is 0. The molecule has 12 nitrogen and oxygen atoms in total. The van der Waals surface area contributed by atoms with Crippen LogP contribution in [-0.2, 0) is 22.6 Å². The maximum absolute atomic E-state index is 14.3. The number of amides is 3. The van der Waals surface area contributed by atoms with Crippen molar-refractivity contribution in [2.24, 2.45) is 11.3 Å². The summed E-state index contributed by atoms with van der Waals surface area (Å²) in [4.78, 5) is 63.7. The smallest absolute Gasteiger partial charge is 0.407 e. The van der Waals surface area contributed by atoms with Crippen molar-refractivity contribution in [2.75, 3.05) is 33.0 Å². The minimum Gasteiger partial charge on any atom is -0.465 e. The van der Waals surface area contributed by atoms with Crippen molar-refractivity contribution in [2.45, 2.75) is 46.6 Å². The first kappa shape index (κ1) is 32.0. The molecule has 0 fully saturated rings. The number of benzene rings is 1. The van der Waals surface area contributed by atoms with E-state index in [1.54, 1.807) is 20.2 Å². The van der Waals surface area contributed by atoms with Gasteiger partial charge in [-0.1, -0.05) is 26.8 Å². The fourth-order valence-corrected chi connectivity index (χ4v) is 4.37. The molecule has 3 N–H and O–H groups in total. The highest BCUT2D eigenvalue weighted by Gasteiger charge is 2.23. The molecule has 0 saturated heterocycles. The Kier molecular flexibility index (Phi) is 10.2. The number of carbonyl (C=O) groups is 3. The number of carboxylic acid groups (broad SMARTS) is 1. The Morgan fingerprint density at radius 1 is 1.21 bits per heavy atom. The van der Waals surface area contributed by atoms with Gasteiger partial charge in [0.25, 0.3) is 5.56 Å². The van der Waals surface area contributed by atoms with Gasteiger partial charge < -0.3 is 25.2 Å². The quantitative estimate of drug-likeness (QED) is 0.292. The molecule has 13 heteroatoms. The lowest BCUT2D eigenvalue weighted by Crippen LogP contribution is -2.37. The van der Waals surface area contributed by atoms with E-state index < -0.39 is 23.5 Å². The number of aromatic amines is 1. The van der Waals surface area contributed by atoms with Crippen LogP contribution in [0, 0.1) is 17.2 Å². The highest BCUT2D eigenvalue weighted by molar-refractivity contribution is 5.92. The number of anilines is 1. The fraction of sp³-hybridized carbons (Fsp3) is 0.448. The molecular formula is C29H38FN7O5. The average molecular weight is 584 g/mol. The second-order valence-corrected chi connectivity index (χ2v) is 11.7. The predicted octanol–water partition coefficient (Wildman–Crippen LogP) is 3.48. The first-order chi connectivity index (χ1) is 19.6. The number of imidazole rings is 1. The minimum atomic E-state index is -1.20. The van der Waals surface area contributed by atoms with Crippen molar-refractivity contribution in [3.63, 3.8) is 0 Å². The summed E-state index contributed by atoms with van der Waals surface area (Å²) in [5, 5.41) is 11.9. The maximum atomic E-state index is 14.3. The van der Waals surface area contributed by atoms with E-state index in [1.165, 1.54) is 47.2 Å². The summed E-state index contributed by atoms with van der Waals surface area (Å²) in [7, 11) is 4.57. The Bertz CT molecular complexity index is 1540. The van der Waals surface area contributed by atoms with Gasteiger partial charge in [0.1, 0.15) is 17.3 Å². The lowest BCUT2D eigenvalue weighted by Gasteiger charge is -2.21. The van der Waals surface area contributed by atoms with Crippen molar-refractivity contribution >= 4 is 34.6 Å². The number of rotatable bonds is 11. The molecule has 1 atom stereocenters. The molecular weight excluding hydrogens is 545 g/mol. The third-order valence-electron chi connectivity index (χ3n) is 6.45. The summed E-state index contributed by atoms with van der Waals surface area (Å²) in [6, 6.07) is 2.83. The number of allylic oxidation sites excluding steroid dienone is 1. The fourth-order valence-electron chi connectivity index (χ4n) is 4.37. The third kappa shape index (κ3) is 8.72. The van der Waals surface area contributed by atoms with Gasteiger partial charge in [0, 0.05) is 27.7 Å². The zero-order chi connectivity index (χ0) is 31.2. The van der Waals surface area contributed by atoms with Gasteiger partial charge in [-0.05, 0) is 48.4 Å². The van der Waals surface area contributed by atoms with Gasteiger partial charge >= 0.3 is 6.09 Å². The van der Waals surface area contributed by atoms with Crippen molar-refractivity contribution in [1.82, 2.24) is 29.3 Å². The Hall–Kier alpha value is -4.55. The van der Waals surface area contributed by atoms with Crippen molar-refractivity contribution in [1.29, 1.82) is 0 Å². The molecule has 226 valence electrons. The number of likely N-dealkylation sites (N-methyl/N-ethyl adjacent to an activating group) is 1. The Morgan fingerprint density at radius 2 is 1.93 bits per heavy atom. The van der Waals surface area contributed by atoms with Crippen LogP contribution in [0.5, 0.6) is 0 Å². The number of nitrogens with zero attached hydrogens (tertiary/aromatic N) is 5. The first-order valence-electron chi connectivity index (χ1n) is 13.5. The van der Waals surface area contributed by atoms with E-state index in [9.17, 15) is 28.7 Å². The molecule has 0 aliphatic carbocycles. The normalized spacial score (nSPS) is 12.5. The molecule has 3 rings (SSSR count). The predicted molar refractivity (Wildman–Crippen MR) is 157 cm³/mol. The molecule has 2 heterocycles. The molecule has 3 aromatic rings. The van der Waals surface area contributed by atoms with E-state index in [-0.39, 0.29) is 42.3 Å². The summed E-state index contributed by atoms with van der Waals surface area (Å²) in [6.07, 6.45) is 5.51. The first-order valence-corrected chi connectivity index (χ1v) is 13.5. The number of carbonyl (C=O) groups excluding carboxylic acids is 2. The van der Waals surface area contributed by atoms with Gasteiger partial charge in [0.2, 0.25) is 11.8 Å². The highest BCUT2D eigenvalue weighted by atomic mass is 19.1. The number of hydrogen-bond donors (Lipinski definition) is 3. The standard InChI is InChI=1S/C29H38FN7O5/c1-29(2,3)13-19-11-20(30)12-21-25(19)34-23(32-21)16-37-17-31-14-22(27(37)40)33-26(39)18(15-36(6)28(41)42)9-7-8-10-24(38)35(4)5/h8,10-12,14,17-18H,7,9,13,15-16H2,1-6H3,(H,32,34)(H,33,39)(H,41,42)/b10-8+/t18-/m0/s1. The SMILES string of the molecule is CN(C)C(=O)/C=C/CC[C@@H](CN(C)C(=O)O)C(=O)Nc1cncn(Cc2nc3c(CC(C)(C)C)cc(F)cc3[nH]2)c1=O. The van der Waals surface area contributed by atoms with Gasteiger partial charge in [0.15, 0.2) is 0 Å². The molecule has 42 heavy (non-hydrogen) atoms. The Labute approximate surface area is 243 Å². The molecule has 0 spiro atoms. The molecule has 0 unspecified atom stereocenters. The van der Waals surface area contributed by atoms with Crippen molar-refractivity contribution in [3.8, 4) is 0 Å². The van der Waals surface area contributed by atoms with Crippen LogP contribution in [-0.4, -0.2) is 80.0 Å². The average Bonchev–Trinajstić information content (AvgIpc) is 3.29. The zero-order valence-corrected chi connectivity index (χ0v) is 24.8. The second-order valence-electron chi connectivity index (χ2n) is 11.7. The topological polar surface area (TPSA) is 154 Å². The third-order valence-corrected chi connectivity index (χ3v) is 6.45. The van der Waals surface area contributed by atoms with E-state index in [0.29, 0.717) is 29.7 Å². The minimum absolute atomic E-state index is 0.00329. The Balaban J connectivity index is 1.80. The number of nitrogens with one attached hydrogen (secondary N) is 2. The van der Waals surface area contributed by atoms with Crippen molar-refractivity contribution in [3.05, 3.63) is 64.4 Å². The van der Waals surface area contributed by atoms with Crippen LogP contribution >= 0.6 is 0 Å². The van der Waals surface area contributed by atoms with Crippen LogP contribution in [0.25, 0.3) is 11.0 Å². The van der Waals surface area contributed by atoms with E-state index in [1.807, 2.05) is 0 Å². The molecule has 3 amide bonds. The van der Waals surface area contributed by atoms with Crippen LogP contribution in [0.3, 0.4) is 0 Å². The molecule has 0 radical (unpaired) electrons. The summed E-state index contributed by atoms with van der Waals surface area (Å²) in [5.41, 5.74) is 1.18. The molecule has 1 aromatic carbocycles. The van der Waals surface area contributed by atoms with Crippen LogP contribution in [0.2, 0.25) is 0 Å². The van der Waals surface area contributed by atoms with Gasteiger partial charge in [-0.3, -0.25) is 19.0 Å². The molecule has 0 aliphatic rings. The summed E-state index contributed by atoms with van der Waals surface area (Å²) in [6.45, 7) is 6.04. The van der Waals surface area contributed by atoms with E-state index in [4.69, 9.17) is 0 Å².